The highest BCUT2D eigenvalue weighted by molar-refractivity contribution is 7.09. The first-order valence-corrected chi connectivity index (χ1v) is 10.3. The third-order valence-electron chi connectivity index (χ3n) is 4.08. The van der Waals surface area contributed by atoms with Gasteiger partial charge in [0.25, 0.3) is 0 Å². The van der Waals surface area contributed by atoms with E-state index in [4.69, 9.17) is 9.47 Å². The van der Waals surface area contributed by atoms with Crippen LogP contribution in [0, 0.1) is 0 Å². The maximum absolute atomic E-state index is 12.3. The van der Waals surface area contributed by atoms with Crippen LogP contribution in [-0.4, -0.2) is 49.3 Å². The number of thiazole rings is 1. The van der Waals surface area contributed by atoms with Gasteiger partial charge in [-0.2, -0.15) is 13.2 Å². The highest BCUT2D eigenvalue weighted by atomic mass is 32.1. The van der Waals surface area contributed by atoms with E-state index in [0.29, 0.717) is 25.6 Å². The van der Waals surface area contributed by atoms with Crippen LogP contribution in [0.5, 0.6) is 5.75 Å². The van der Waals surface area contributed by atoms with Gasteiger partial charge in [-0.25, -0.2) is 9.98 Å². The number of hydrogen-bond donors (Lipinski definition) is 1. The van der Waals surface area contributed by atoms with E-state index in [-0.39, 0.29) is 11.9 Å². The van der Waals surface area contributed by atoms with Crippen LogP contribution in [0.15, 0.2) is 34.6 Å². The van der Waals surface area contributed by atoms with Gasteiger partial charge in [0.05, 0.1) is 18.8 Å². The Morgan fingerprint density at radius 2 is 2.13 bits per heavy atom. The summed E-state index contributed by atoms with van der Waals surface area (Å²) in [5.74, 6) is 0.842. The smallest absolute Gasteiger partial charge is 0.422 e. The van der Waals surface area contributed by atoms with Crippen LogP contribution >= 0.6 is 11.3 Å². The molecule has 1 atom stereocenters. The first kappa shape index (κ1) is 23.9. The van der Waals surface area contributed by atoms with Crippen LogP contribution in [0.4, 0.5) is 13.2 Å². The minimum absolute atomic E-state index is 0.0530. The van der Waals surface area contributed by atoms with E-state index in [1.807, 2.05) is 31.2 Å². The minimum atomic E-state index is -4.37. The molecule has 6 nitrogen and oxygen atoms in total. The molecule has 0 radical (unpaired) electrons. The first-order chi connectivity index (χ1) is 14.2. The zero-order chi connectivity index (χ0) is 22.1. The van der Waals surface area contributed by atoms with Crippen molar-refractivity contribution in [1.29, 1.82) is 0 Å². The zero-order valence-electron chi connectivity index (χ0n) is 17.5. The van der Waals surface area contributed by atoms with Crippen molar-refractivity contribution in [2.75, 3.05) is 27.3 Å². The van der Waals surface area contributed by atoms with E-state index in [1.54, 1.807) is 36.6 Å². The van der Waals surface area contributed by atoms with Gasteiger partial charge < -0.3 is 19.7 Å². The first-order valence-electron chi connectivity index (χ1n) is 9.47. The van der Waals surface area contributed by atoms with Crippen molar-refractivity contribution in [1.82, 2.24) is 15.2 Å². The number of nitrogens with one attached hydrogen (secondary N) is 1. The fourth-order valence-electron chi connectivity index (χ4n) is 2.54. The molecule has 0 aliphatic carbocycles. The Morgan fingerprint density at radius 1 is 1.37 bits per heavy atom. The van der Waals surface area contributed by atoms with Crippen LogP contribution in [0.2, 0.25) is 0 Å². The van der Waals surface area contributed by atoms with Gasteiger partial charge in [-0.05, 0) is 31.5 Å². The molecular weight excluding hydrogens is 417 g/mol. The van der Waals surface area contributed by atoms with Gasteiger partial charge in [0.15, 0.2) is 12.6 Å². The Kier molecular flexibility index (Phi) is 8.91. The number of guanidine groups is 1. The van der Waals surface area contributed by atoms with Crippen LogP contribution in [0.3, 0.4) is 0 Å². The molecule has 2 rings (SSSR count). The SMILES string of the molecule is CCNC(=NCc1cccc(OCC(F)(F)F)c1)N(C)Cc1csc(C(C)OC)n1. The van der Waals surface area contributed by atoms with Gasteiger partial charge in [-0.15, -0.1) is 11.3 Å². The molecule has 1 aromatic carbocycles. The molecule has 0 spiro atoms. The molecule has 1 N–H and O–H groups in total. The standard InChI is InChI=1S/C20H27F3N4O2S/c1-5-24-19(27(3)11-16-12-30-18(26-16)14(2)28-4)25-10-15-7-6-8-17(9-15)29-13-20(21,22)23/h6-9,12,14H,5,10-11,13H2,1-4H3,(H,24,25). The number of nitrogens with zero attached hydrogens (tertiary/aromatic N) is 3. The molecule has 0 aliphatic rings. The summed E-state index contributed by atoms with van der Waals surface area (Å²) >= 11 is 1.55. The minimum Gasteiger partial charge on any atom is -0.484 e. The van der Waals surface area contributed by atoms with Crippen molar-refractivity contribution in [2.45, 2.75) is 39.2 Å². The average molecular weight is 445 g/mol. The van der Waals surface area contributed by atoms with E-state index in [9.17, 15) is 13.2 Å². The molecule has 1 aromatic heterocycles. The van der Waals surface area contributed by atoms with Gasteiger partial charge >= 0.3 is 6.18 Å². The molecule has 30 heavy (non-hydrogen) atoms. The van der Waals surface area contributed by atoms with Crippen molar-refractivity contribution < 1.29 is 22.6 Å². The molecule has 1 unspecified atom stereocenters. The summed E-state index contributed by atoms with van der Waals surface area (Å²) < 4.78 is 47.1. The maximum Gasteiger partial charge on any atom is 0.422 e. The van der Waals surface area contributed by atoms with Crippen molar-refractivity contribution in [3.05, 3.63) is 45.9 Å². The number of benzene rings is 1. The maximum atomic E-state index is 12.3. The predicted octanol–water partition coefficient (Wildman–Crippen LogP) is 4.39. The summed E-state index contributed by atoms with van der Waals surface area (Å²) in [6, 6.07) is 6.52. The summed E-state index contributed by atoms with van der Waals surface area (Å²) in [6.07, 6.45) is -4.42. The van der Waals surface area contributed by atoms with E-state index in [2.05, 4.69) is 15.3 Å². The molecule has 0 saturated carbocycles. The fraction of sp³-hybridized carbons (Fsp3) is 0.500. The number of aromatic nitrogens is 1. The Bertz CT molecular complexity index is 826. The average Bonchev–Trinajstić information content (AvgIpc) is 3.17. The Morgan fingerprint density at radius 3 is 2.80 bits per heavy atom. The lowest BCUT2D eigenvalue weighted by Crippen LogP contribution is -2.38. The summed E-state index contributed by atoms with van der Waals surface area (Å²) in [6.45, 7) is 4.15. The number of halogens is 3. The lowest BCUT2D eigenvalue weighted by molar-refractivity contribution is -0.153. The summed E-state index contributed by atoms with van der Waals surface area (Å²) in [7, 11) is 3.56. The number of ether oxygens (including phenoxy) is 2. The number of aliphatic imine (C=N–C) groups is 1. The molecule has 166 valence electrons. The Balaban J connectivity index is 2.03. The number of hydrogen-bond acceptors (Lipinski definition) is 5. The highest BCUT2D eigenvalue weighted by Gasteiger charge is 2.28. The van der Waals surface area contributed by atoms with Crippen LogP contribution < -0.4 is 10.1 Å². The van der Waals surface area contributed by atoms with E-state index in [1.165, 1.54) is 6.07 Å². The second-order valence-corrected chi connectivity index (χ2v) is 7.52. The molecule has 0 saturated heterocycles. The van der Waals surface area contributed by atoms with Gasteiger partial charge in [-0.1, -0.05) is 12.1 Å². The molecule has 0 fully saturated rings. The van der Waals surface area contributed by atoms with Crippen molar-refractivity contribution in [3.8, 4) is 5.75 Å². The lowest BCUT2D eigenvalue weighted by atomic mass is 10.2. The topological polar surface area (TPSA) is 59.0 Å². The van der Waals surface area contributed by atoms with Gasteiger partial charge in [0.1, 0.15) is 16.9 Å². The van der Waals surface area contributed by atoms with Gasteiger partial charge in [0, 0.05) is 26.1 Å². The second-order valence-electron chi connectivity index (χ2n) is 6.63. The van der Waals surface area contributed by atoms with Crippen LogP contribution in [0.1, 0.15) is 36.2 Å². The normalized spacial score (nSPS) is 13.2. The van der Waals surface area contributed by atoms with E-state index >= 15 is 0 Å². The predicted molar refractivity (Wildman–Crippen MR) is 112 cm³/mol. The number of methoxy groups -OCH3 is 1. The zero-order valence-corrected chi connectivity index (χ0v) is 18.3. The van der Waals surface area contributed by atoms with Crippen LogP contribution in [0.25, 0.3) is 0 Å². The largest absolute Gasteiger partial charge is 0.484 e. The number of rotatable bonds is 9. The van der Waals surface area contributed by atoms with Crippen molar-refractivity contribution >= 4 is 17.3 Å². The quantitative estimate of drug-likeness (QED) is 0.459. The summed E-state index contributed by atoms with van der Waals surface area (Å²) in [5, 5.41) is 6.13. The third kappa shape index (κ3) is 7.83. The van der Waals surface area contributed by atoms with Crippen LogP contribution in [-0.2, 0) is 17.8 Å². The summed E-state index contributed by atoms with van der Waals surface area (Å²) in [4.78, 5) is 11.1. The van der Waals surface area contributed by atoms with Crippen molar-refractivity contribution in [2.24, 2.45) is 4.99 Å². The number of alkyl halides is 3. The van der Waals surface area contributed by atoms with Gasteiger partial charge in [-0.3, -0.25) is 0 Å². The Hall–Kier alpha value is -2.33. The molecule has 1 heterocycles. The summed E-state index contributed by atoms with van der Waals surface area (Å²) in [5.41, 5.74) is 1.66. The fourth-order valence-corrected chi connectivity index (χ4v) is 3.38. The molecule has 0 bridgehead atoms. The lowest BCUT2D eigenvalue weighted by Gasteiger charge is -2.21. The highest BCUT2D eigenvalue weighted by Crippen LogP contribution is 2.21. The van der Waals surface area contributed by atoms with Crippen molar-refractivity contribution in [3.63, 3.8) is 0 Å². The molecular formula is C20H27F3N4O2S. The molecule has 0 aliphatic heterocycles. The van der Waals surface area contributed by atoms with E-state index in [0.717, 1.165) is 16.3 Å². The Labute approximate surface area is 178 Å². The van der Waals surface area contributed by atoms with E-state index < -0.39 is 12.8 Å². The second kappa shape index (κ2) is 11.2. The monoisotopic (exact) mass is 444 g/mol. The third-order valence-corrected chi connectivity index (χ3v) is 5.13. The molecule has 0 amide bonds. The molecule has 2 aromatic rings. The van der Waals surface area contributed by atoms with Gasteiger partial charge in [0.2, 0.25) is 0 Å². The molecule has 10 heteroatoms.